The van der Waals surface area contributed by atoms with Crippen LogP contribution in [-0.2, 0) is 6.42 Å². The van der Waals surface area contributed by atoms with Crippen LogP contribution in [0.5, 0.6) is 11.5 Å². The highest BCUT2D eigenvalue weighted by Crippen LogP contribution is 2.54. The third-order valence-corrected chi connectivity index (χ3v) is 6.21. The van der Waals surface area contributed by atoms with Crippen molar-refractivity contribution in [3.8, 4) is 23.8 Å². The van der Waals surface area contributed by atoms with Crippen molar-refractivity contribution in [2.24, 2.45) is 5.92 Å². The lowest BCUT2D eigenvalue weighted by atomic mass is 9.67. The first-order valence-electron chi connectivity index (χ1n) is 10.2. The molecule has 0 amide bonds. The average molecular weight is 383 g/mol. The Kier molecular flexibility index (Phi) is 5.74. The van der Waals surface area contributed by atoms with Gasteiger partial charge in [-0.05, 0) is 64.5 Å². The van der Waals surface area contributed by atoms with Gasteiger partial charge >= 0.3 is 5.97 Å². The molecule has 2 aliphatic rings. The highest BCUT2D eigenvalue weighted by atomic mass is 16.5. The summed E-state index contributed by atoms with van der Waals surface area (Å²) in [5.74, 6) is 2.23. The van der Waals surface area contributed by atoms with Gasteiger partial charge in [0.1, 0.15) is 22.7 Å². The van der Waals surface area contributed by atoms with E-state index in [0.717, 1.165) is 38.5 Å². The average Bonchev–Trinajstić information content (AvgIpc) is 2.60. The van der Waals surface area contributed by atoms with Crippen LogP contribution in [-0.4, -0.2) is 21.8 Å². The standard InChI is InChI=1S/C24H30O4/c1-5-6-7-8-9-10-16-14-19-21(22(25)20(16)23(26)27)17-13-15(2)11-12-18(17)24(3,4)28-19/h1,13-14,17-18,25H,6-12H2,2-4H3,(H,26,27)/t17-,18-/m1/s1. The fraction of sp³-hybridized carbons (Fsp3) is 0.542. The number of ether oxygens (including phenoxy) is 1. The number of carboxylic acids is 1. The maximum absolute atomic E-state index is 12.0. The zero-order chi connectivity index (χ0) is 20.5. The number of hydrogen-bond donors (Lipinski definition) is 2. The van der Waals surface area contributed by atoms with E-state index in [9.17, 15) is 15.0 Å². The number of aromatic carboxylic acids is 1. The van der Waals surface area contributed by atoms with Crippen molar-refractivity contribution in [2.45, 2.75) is 77.2 Å². The molecule has 1 aromatic carbocycles. The molecule has 0 saturated heterocycles. The van der Waals surface area contributed by atoms with Gasteiger partial charge in [-0.15, -0.1) is 12.3 Å². The molecule has 0 spiro atoms. The summed E-state index contributed by atoms with van der Waals surface area (Å²) in [4.78, 5) is 12.0. The van der Waals surface area contributed by atoms with E-state index in [-0.39, 0.29) is 28.7 Å². The molecule has 1 aromatic rings. The number of unbranched alkanes of at least 4 members (excludes halogenated alkanes) is 3. The smallest absolute Gasteiger partial charge is 0.339 e. The summed E-state index contributed by atoms with van der Waals surface area (Å²) in [5, 5.41) is 20.8. The van der Waals surface area contributed by atoms with Crippen LogP contribution in [0.3, 0.4) is 0 Å². The number of aromatic hydroxyl groups is 1. The summed E-state index contributed by atoms with van der Waals surface area (Å²) in [6.07, 6.45) is 13.4. The molecule has 28 heavy (non-hydrogen) atoms. The van der Waals surface area contributed by atoms with Crippen molar-refractivity contribution < 1.29 is 19.7 Å². The largest absolute Gasteiger partial charge is 0.507 e. The van der Waals surface area contributed by atoms with Crippen LogP contribution in [0, 0.1) is 18.3 Å². The molecular formula is C24H30O4. The van der Waals surface area contributed by atoms with E-state index < -0.39 is 5.97 Å². The van der Waals surface area contributed by atoms with Crippen molar-refractivity contribution in [2.75, 3.05) is 0 Å². The van der Waals surface area contributed by atoms with E-state index in [1.807, 2.05) is 6.07 Å². The molecule has 0 radical (unpaired) electrons. The van der Waals surface area contributed by atoms with Crippen molar-refractivity contribution in [3.63, 3.8) is 0 Å². The number of hydrogen-bond acceptors (Lipinski definition) is 3. The summed E-state index contributed by atoms with van der Waals surface area (Å²) in [6.45, 7) is 6.27. The molecule has 150 valence electrons. The first-order valence-corrected chi connectivity index (χ1v) is 10.2. The van der Waals surface area contributed by atoms with E-state index in [0.29, 0.717) is 23.3 Å². The third kappa shape index (κ3) is 3.76. The van der Waals surface area contributed by atoms with Gasteiger partial charge in [0.2, 0.25) is 0 Å². The van der Waals surface area contributed by atoms with Crippen LogP contribution in [0.2, 0.25) is 0 Å². The van der Waals surface area contributed by atoms with E-state index >= 15 is 0 Å². The highest BCUT2D eigenvalue weighted by molar-refractivity contribution is 5.94. The minimum absolute atomic E-state index is 0.0183. The molecular weight excluding hydrogens is 352 g/mol. The number of allylic oxidation sites excluding steroid dienone is 2. The predicted molar refractivity (Wildman–Crippen MR) is 110 cm³/mol. The zero-order valence-electron chi connectivity index (χ0n) is 17.0. The number of fused-ring (bicyclic) bond motifs is 3. The number of phenols is 1. The minimum atomic E-state index is -1.09. The van der Waals surface area contributed by atoms with Crippen LogP contribution in [0.1, 0.15) is 86.7 Å². The molecule has 0 unspecified atom stereocenters. The van der Waals surface area contributed by atoms with E-state index in [1.165, 1.54) is 5.57 Å². The van der Waals surface area contributed by atoms with Crippen LogP contribution in [0.4, 0.5) is 0 Å². The molecule has 1 aliphatic heterocycles. The number of terminal acetylenes is 1. The summed E-state index contributed by atoms with van der Waals surface area (Å²) in [6, 6.07) is 1.84. The van der Waals surface area contributed by atoms with Crippen LogP contribution < -0.4 is 4.74 Å². The molecule has 2 atom stereocenters. The van der Waals surface area contributed by atoms with Gasteiger partial charge in [0.05, 0.1) is 0 Å². The molecule has 0 aromatic heterocycles. The fourth-order valence-electron chi connectivity index (χ4n) is 4.77. The Hall–Kier alpha value is -2.41. The van der Waals surface area contributed by atoms with Gasteiger partial charge in [0.25, 0.3) is 0 Å². The zero-order valence-corrected chi connectivity index (χ0v) is 17.0. The first kappa shape index (κ1) is 20.3. The van der Waals surface area contributed by atoms with Crippen molar-refractivity contribution in [1.29, 1.82) is 0 Å². The number of benzene rings is 1. The Morgan fingerprint density at radius 2 is 2.11 bits per heavy atom. The maximum atomic E-state index is 12.0. The summed E-state index contributed by atoms with van der Waals surface area (Å²) >= 11 is 0. The Balaban J connectivity index is 2.03. The first-order chi connectivity index (χ1) is 13.3. The second kappa shape index (κ2) is 7.91. The highest BCUT2D eigenvalue weighted by Gasteiger charge is 2.46. The van der Waals surface area contributed by atoms with Gasteiger partial charge in [-0.25, -0.2) is 4.79 Å². The minimum Gasteiger partial charge on any atom is -0.507 e. The lowest BCUT2D eigenvalue weighted by Crippen LogP contribution is -2.45. The normalized spacial score (nSPS) is 22.3. The number of carbonyl (C=O) groups is 1. The SMILES string of the molecule is C#CCCCCCc1cc2c(c(O)c1C(=O)O)[C@@H]1C=C(C)CC[C@H]1C(C)(C)O2. The summed E-state index contributed by atoms with van der Waals surface area (Å²) in [7, 11) is 0. The Morgan fingerprint density at radius 3 is 2.79 bits per heavy atom. The van der Waals surface area contributed by atoms with Crippen molar-refractivity contribution >= 4 is 5.97 Å². The number of rotatable bonds is 6. The van der Waals surface area contributed by atoms with Gasteiger partial charge in [0.15, 0.2) is 0 Å². The summed E-state index contributed by atoms with van der Waals surface area (Å²) < 4.78 is 6.32. The molecule has 1 heterocycles. The molecule has 0 saturated carbocycles. The second-order valence-corrected chi connectivity index (χ2v) is 8.63. The monoisotopic (exact) mass is 382 g/mol. The second-order valence-electron chi connectivity index (χ2n) is 8.63. The number of aryl methyl sites for hydroxylation is 1. The molecule has 4 heteroatoms. The molecule has 2 N–H and O–H groups in total. The molecule has 0 fully saturated rings. The lowest BCUT2D eigenvalue weighted by molar-refractivity contribution is 0.0106. The van der Waals surface area contributed by atoms with E-state index in [2.05, 4.69) is 32.8 Å². The molecule has 3 rings (SSSR count). The van der Waals surface area contributed by atoms with Crippen LogP contribution in [0.15, 0.2) is 17.7 Å². The van der Waals surface area contributed by atoms with Crippen LogP contribution >= 0.6 is 0 Å². The van der Waals surface area contributed by atoms with Crippen molar-refractivity contribution in [3.05, 3.63) is 34.4 Å². The summed E-state index contributed by atoms with van der Waals surface area (Å²) in [5.41, 5.74) is 2.20. The van der Waals surface area contributed by atoms with Gasteiger partial charge in [-0.2, -0.15) is 0 Å². The fourth-order valence-corrected chi connectivity index (χ4v) is 4.77. The molecule has 1 aliphatic carbocycles. The Bertz CT molecular complexity index is 841. The Labute approximate surface area is 167 Å². The Morgan fingerprint density at radius 1 is 1.36 bits per heavy atom. The van der Waals surface area contributed by atoms with Crippen molar-refractivity contribution in [1.82, 2.24) is 0 Å². The van der Waals surface area contributed by atoms with E-state index in [1.54, 1.807) is 0 Å². The molecule has 0 bridgehead atoms. The van der Waals surface area contributed by atoms with Gasteiger partial charge in [-0.3, -0.25) is 0 Å². The van der Waals surface area contributed by atoms with Crippen LogP contribution in [0.25, 0.3) is 0 Å². The van der Waals surface area contributed by atoms with Gasteiger partial charge < -0.3 is 14.9 Å². The van der Waals surface area contributed by atoms with E-state index in [4.69, 9.17) is 11.2 Å². The predicted octanol–water partition coefficient (Wildman–Crippen LogP) is 5.44. The topological polar surface area (TPSA) is 66.8 Å². The quantitative estimate of drug-likeness (QED) is 0.391. The maximum Gasteiger partial charge on any atom is 0.339 e. The lowest BCUT2D eigenvalue weighted by Gasteiger charge is -2.46. The molecule has 4 nitrogen and oxygen atoms in total. The van der Waals surface area contributed by atoms with Gasteiger partial charge in [-0.1, -0.05) is 18.1 Å². The number of carboxylic acid groups (broad SMARTS) is 1. The third-order valence-electron chi connectivity index (χ3n) is 6.21. The van der Waals surface area contributed by atoms with Gasteiger partial charge in [0, 0.05) is 23.8 Å².